The molecule has 29 heavy (non-hydrogen) atoms. The van der Waals surface area contributed by atoms with Gasteiger partial charge in [0.05, 0.1) is 5.39 Å². The molecule has 2 aromatic carbocycles. The Morgan fingerprint density at radius 1 is 0.862 bits per heavy atom. The van der Waals surface area contributed by atoms with Gasteiger partial charge in [-0.05, 0) is 24.4 Å². The summed E-state index contributed by atoms with van der Waals surface area (Å²) in [6.07, 6.45) is 1.53. The van der Waals surface area contributed by atoms with E-state index in [1.54, 1.807) is 43.3 Å². The van der Waals surface area contributed by atoms with Crippen molar-refractivity contribution < 1.29 is 9.59 Å². The lowest BCUT2D eigenvalue weighted by molar-refractivity contribution is 0.0842. The molecule has 8 heteroatoms. The van der Waals surface area contributed by atoms with Crippen LogP contribution in [0.4, 0.5) is 0 Å². The van der Waals surface area contributed by atoms with Crippen LogP contribution in [0.25, 0.3) is 21.5 Å². The van der Waals surface area contributed by atoms with Crippen LogP contribution < -0.4 is 16.4 Å². The smallest absolute Gasteiger partial charge is 0.267 e. The minimum absolute atomic E-state index is 0.0493. The van der Waals surface area contributed by atoms with Crippen LogP contribution in [0.15, 0.2) is 65.6 Å². The van der Waals surface area contributed by atoms with E-state index in [2.05, 4.69) is 20.9 Å². The first kappa shape index (κ1) is 18.3. The predicted molar refractivity (Wildman–Crippen MR) is 108 cm³/mol. The van der Waals surface area contributed by atoms with Crippen LogP contribution in [0.2, 0.25) is 0 Å². The zero-order valence-electron chi connectivity index (χ0n) is 15.5. The van der Waals surface area contributed by atoms with Crippen molar-refractivity contribution in [2.45, 2.75) is 13.5 Å². The van der Waals surface area contributed by atoms with Crippen molar-refractivity contribution in [3.63, 3.8) is 0 Å². The summed E-state index contributed by atoms with van der Waals surface area (Å²) < 4.78 is 1.21. The fourth-order valence-electron chi connectivity index (χ4n) is 3.15. The monoisotopic (exact) mass is 387 g/mol. The second kappa shape index (κ2) is 7.51. The van der Waals surface area contributed by atoms with Gasteiger partial charge < -0.3 is 0 Å². The lowest BCUT2D eigenvalue weighted by Crippen LogP contribution is -2.43. The molecule has 144 valence electrons. The van der Waals surface area contributed by atoms with Crippen molar-refractivity contribution >= 4 is 33.4 Å². The van der Waals surface area contributed by atoms with Gasteiger partial charge in [0.1, 0.15) is 5.69 Å². The molecular weight excluding hydrogens is 370 g/mol. The highest BCUT2D eigenvalue weighted by atomic mass is 16.2. The summed E-state index contributed by atoms with van der Waals surface area (Å²) >= 11 is 0. The summed E-state index contributed by atoms with van der Waals surface area (Å²) in [5.41, 5.74) is 4.72. The first-order valence-corrected chi connectivity index (χ1v) is 9.04. The summed E-state index contributed by atoms with van der Waals surface area (Å²) in [5, 5.41) is 6.48. The van der Waals surface area contributed by atoms with E-state index < -0.39 is 11.8 Å². The Kier molecular flexibility index (Phi) is 4.74. The summed E-state index contributed by atoms with van der Waals surface area (Å²) in [4.78, 5) is 41.8. The highest BCUT2D eigenvalue weighted by Gasteiger charge is 2.18. The number of fused-ring (bicyclic) bond motifs is 2. The van der Waals surface area contributed by atoms with Gasteiger partial charge in [-0.1, -0.05) is 42.5 Å². The van der Waals surface area contributed by atoms with Gasteiger partial charge in [0.25, 0.3) is 17.4 Å². The number of hydrazine groups is 1. The molecule has 0 aliphatic heterocycles. The van der Waals surface area contributed by atoms with E-state index in [-0.39, 0.29) is 16.9 Å². The van der Waals surface area contributed by atoms with E-state index in [4.69, 9.17) is 0 Å². The molecule has 2 N–H and O–H groups in total. The second-order valence-corrected chi connectivity index (χ2v) is 6.30. The Morgan fingerprint density at radius 3 is 2.21 bits per heavy atom. The van der Waals surface area contributed by atoms with Crippen LogP contribution in [0.1, 0.15) is 27.9 Å². The van der Waals surface area contributed by atoms with Gasteiger partial charge in [0.15, 0.2) is 5.69 Å². The number of hydrogen-bond acceptors (Lipinski definition) is 5. The lowest BCUT2D eigenvalue weighted by atomic mass is 10.1. The molecule has 2 heterocycles. The maximum atomic E-state index is 12.7. The minimum atomic E-state index is -0.628. The van der Waals surface area contributed by atoms with Gasteiger partial charge in [0, 0.05) is 23.5 Å². The standard InChI is InChI=1S/C21H17N5O3/c1-2-26-21(29)16-10-6-5-9-15(16)18(25-26)20(28)24-23-19(27)17-14-8-4-3-7-13(14)11-12-22-17/h3-12H,2H2,1H3,(H,23,27)(H,24,28). The Labute approximate surface area is 165 Å². The number of nitrogens with one attached hydrogen (secondary N) is 2. The van der Waals surface area contributed by atoms with Crippen LogP contribution in [0.3, 0.4) is 0 Å². The third kappa shape index (κ3) is 3.31. The lowest BCUT2D eigenvalue weighted by Gasteiger charge is -2.11. The average Bonchev–Trinajstić information content (AvgIpc) is 2.77. The van der Waals surface area contributed by atoms with Crippen molar-refractivity contribution in [1.82, 2.24) is 25.6 Å². The average molecular weight is 387 g/mol. The molecular formula is C21H17N5O3. The van der Waals surface area contributed by atoms with E-state index in [1.165, 1.54) is 10.9 Å². The van der Waals surface area contributed by atoms with Crippen molar-refractivity contribution in [3.05, 3.63) is 82.5 Å². The van der Waals surface area contributed by atoms with Gasteiger partial charge in [-0.3, -0.25) is 30.2 Å². The van der Waals surface area contributed by atoms with E-state index in [1.807, 2.05) is 18.2 Å². The topological polar surface area (TPSA) is 106 Å². The van der Waals surface area contributed by atoms with Gasteiger partial charge in [-0.2, -0.15) is 5.10 Å². The fraction of sp³-hybridized carbons (Fsp3) is 0.0952. The number of hydrogen-bond donors (Lipinski definition) is 2. The number of benzene rings is 2. The number of aromatic nitrogens is 3. The molecule has 0 bridgehead atoms. The van der Waals surface area contributed by atoms with Crippen molar-refractivity contribution in [3.8, 4) is 0 Å². The van der Waals surface area contributed by atoms with Crippen molar-refractivity contribution in [2.75, 3.05) is 0 Å². The normalized spacial score (nSPS) is 10.8. The van der Waals surface area contributed by atoms with Crippen LogP contribution in [-0.4, -0.2) is 26.6 Å². The molecule has 0 spiro atoms. The first-order valence-electron chi connectivity index (χ1n) is 9.04. The number of amides is 2. The van der Waals surface area contributed by atoms with E-state index in [9.17, 15) is 14.4 Å². The zero-order chi connectivity index (χ0) is 20.4. The number of carbonyl (C=O) groups is 2. The zero-order valence-corrected chi connectivity index (χ0v) is 15.5. The molecule has 4 rings (SSSR count). The molecule has 2 aromatic heterocycles. The predicted octanol–water partition coefficient (Wildman–Crippen LogP) is 2.04. The second-order valence-electron chi connectivity index (χ2n) is 6.30. The van der Waals surface area contributed by atoms with Crippen LogP contribution in [-0.2, 0) is 6.54 Å². The molecule has 0 unspecified atom stereocenters. The SMILES string of the molecule is CCn1nc(C(=O)NNC(=O)c2nccc3ccccc23)c2ccccc2c1=O. The highest BCUT2D eigenvalue weighted by Crippen LogP contribution is 2.16. The summed E-state index contributed by atoms with van der Waals surface area (Å²) in [7, 11) is 0. The molecule has 0 atom stereocenters. The molecule has 0 saturated heterocycles. The van der Waals surface area contributed by atoms with Gasteiger partial charge >= 0.3 is 0 Å². The third-order valence-electron chi connectivity index (χ3n) is 4.56. The van der Waals surface area contributed by atoms with Crippen LogP contribution >= 0.6 is 0 Å². The molecule has 0 radical (unpaired) electrons. The van der Waals surface area contributed by atoms with Gasteiger partial charge in [-0.15, -0.1) is 0 Å². The van der Waals surface area contributed by atoms with E-state index in [0.717, 1.165) is 5.39 Å². The largest absolute Gasteiger partial charge is 0.290 e. The van der Waals surface area contributed by atoms with E-state index >= 15 is 0 Å². The van der Waals surface area contributed by atoms with Gasteiger partial charge in [0.2, 0.25) is 0 Å². The highest BCUT2D eigenvalue weighted by molar-refractivity contribution is 6.08. The Bertz CT molecular complexity index is 1310. The molecule has 0 fully saturated rings. The fourth-order valence-corrected chi connectivity index (χ4v) is 3.15. The summed E-state index contributed by atoms with van der Waals surface area (Å²) in [5.74, 6) is -1.18. The number of carbonyl (C=O) groups excluding carboxylic acids is 2. The summed E-state index contributed by atoms with van der Waals surface area (Å²) in [6.45, 7) is 2.08. The quantitative estimate of drug-likeness (QED) is 0.523. The number of rotatable bonds is 3. The van der Waals surface area contributed by atoms with Gasteiger partial charge in [-0.25, -0.2) is 4.68 Å². The van der Waals surface area contributed by atoms with E-state index in [0.29, 0.717) is 22.7 Å². The number of nitrogens with zero attached hydrogens (tertiary/aromatic N) is 3. The number of pyridine rings is 1. The van der Waals surface area contributed by atoms with Crippen LogP contribution in [0.5, 0.6) is 0 Å². The Balaban J connectivity index is 1.63. The molecule has 8 nitrogen and oxygen atoms in total. The maximum Gasteiger partial charge on any atom is 0.290 e. The Morgan fingerprint density at radius 2 is 1.48 bits per heavy atom. The van der Waals surface area contributed by atoms with Crippen molar-refractivity contribution in [1.29, 1.82) is 0 Å². The molecule has 2 amide bonds. The van der Waals surface area contributed by atoms with Crippen molar-refractivity contribution in [2.24, 2.45) is 0 Å². The molecule has 0 saturated carbocycles. The third-order valence-corrected chi connectivity index (χ3v) is 4.56. The summed E-state index contributed by atoms with van der Waals surface area (Å²) in [6, 6.07) is 15.9. The molecule has 0 aliphatic rings. The minimum Gasteiger partial charge on any atom is -0.267 e. The van der Waals surface area contributed by atoms with Crippen LogP contribution in [0, 0.1) is 0 Å². The maximum absolute atomic E-state index is 12.7. The Hall–Kier alpha value is -4.07. The molecule has 4 aromatic rings. The first-order chi connectivity index (χ1) is 14.1. The number of aryl methyl sites for hydroxylation is 1. The molecule has 0 aliphatic carbocycles.